The molecule has 7 rings (SSSR count). The van der Waals surface area contributed by atoms with Gasteiger partial charge in [-0.3, -0.25) is 23.9 Å². The number of aryl methyl sites for hydroxylation is 1. The Labute approximate surface area is 257 Å². The molecule has 1 aliphatic carbocycles. The summed E-state index contributed by atoms with van der Waals surface area (Å²) in [5.74, 6) is -2.12. The summed E-state index contributed by atoms with van der Waals surface area (Å²) in [4.78, 5) is 68.2. The van der Waals surface area contributed by atoms with Crippen molar-refractivity contribution in [2.24, 2.45) is 11.8 Å². The molecule has 0 spiro atoms. The number of benzene rings is 1. The standard InChI is InChI=1S/C31H34FN4O6PS/c1-16-3-2-4-23(33-16)21-14-35(15-21)31(39)25-7-6-22-11-18-10-19(18)12-24(30(38)36(22)25)34-29(37)27-13-20-9-17(5-8-26(20)44-27)28(32)43(40,41)42/h2-5,8-9,13,18-19,21-22,24-25,28H,6-7,10-12,14-15H2,1H3,(H,34,37)(H2,40,41,42)/t18-,19+,22+,24-,25-,28+/m0/s1. The van der Waals surface area contributed by atoms with Crippen molar-refractivity contribution >= 4 is 46.7 Å². The van der Waals surface area contributed by atoms with Crippen molar-refractivity contribution in [1.29, 1.82) is 0 Å². The lowest BCUT2D eigenvalue weighted by molar-refractivity contribution is -0.149. The van der Waals surface area contributed by atoms with Gasteiger partial charge in [0.1, 0.15) is 12.1 Å². The Bertz CT molecular complexity index is 1710. The van der Waals surface area contributed by atoms with Crippen LogP contribution in [-0.4, -0.2) is 73.5 Å². The number of hydrogen-bond acceptors (Lipinski definition) is 6. The molecule has 1 aromatic carbocycles. The van der Waals surface area contributed by atoms with Gasteiger partial charge in [0.25, 0.3) is 5.91 Å². The molecule has 3 amide bonds. The predicted molar refractivity (Wildman–Crippen MR) is 162 cm³/mol. The third-order valence-electron chi connectivity index (χ3n) is 9.68. The molecule has 0 radical (unpaired) electrons. The Morgan fingerprint density at radius 3 is 2.61 bits per heavy atom. The number of fused-ring (bicyclic) bond motifs is 3. The van der Waals surface area contributed by atoms with Gasteiger partial charge >= 0.3 is 7.60 Å². The molecule has 3 aromatic rings. The van der Waals surface area contributed by atoms with Crippen LogP contribution in [0.4, 0.5) is 4.39 Å². The van der Waals surface area contributed by atoms with E-state index >= 15 is 0 Å². The molecule has 0 unspecified atom stereocenters. The van der Waals surface area contributed by atoms with Crippen molar-refractivity contribution < 1.29 is 33.1 Å². The van der Waals surface area contributed by atoms with Crippen LogP contribution in [-0.2, 0) is 14.2 Å². The van der Waals surface area contributed by atoms with E-state index in [1.807, 2.05) is 30.0 Å². The number of halogens is 1. The van der Waals surface area contributed by atoms with Crippen LogP contribution in [0.25, 0.3) is 10.1 Å². The SMILES string of the molecule is Cc1cccc(C2CN(C(=O)[C@@H]3CC[C@@H]4C[C@@H]5C[C@@H]5C[C@H](NC(=O)c5cc6cc([C@H](F)P(=O)(O)O)ccc6s5)C(=O)N43)C2)n1. The number of nitrogens with zero attached hydrogens (tertiary/aromatic N) is 3. The normalized spacial score (nSPS) is 27.6. The van der Waals surface area contributed by atoms with Crippen LogP contribution >= 0.6 is 18.9 Å². The molecule has 44 heavy (non-hydrogen) atoms. The third-order valence-corrected chi connectivity index (χ3v) is 11.7. The van der Waals surface area contributed by atoms with Crippen LogP contribution in [0, 0.1) is 18.8 Å². The summed E-state index contributed by atoms with van der Waals surface area (Å²) in [6.07, 6.45) is 3.80. The van der Waals surface area contributed by atoms with E-state index in [1.54, 1.807) is 11.0 Å². The first-order valence-corrected chi connectivity index (χ1v) is 17.5. The van der Waals surface area contributed by atoms with Crippen LogP contribution in [0.2, 0.25) is 0 Å². The topological polar surface area (TPSA) is 140 Å². The average Bonchev–Trinajstić information content (AvgIpc) is 3.33. The van der Waals surface area contributed by atoms with E-state index in [0.717, 1.165) is 42.0 Å². The molecule has 232 valence electrons. The highest BCUT2D eigenvalue weighted by atomic mass is 32.1. The highest BCUT2D eigenvalue weighted by Crippen LogP contribution is 2.53. The molecule has 2 aromatic heterocycles. The van der Waals surface area contributed by atoms with Gasteiger partial charge in [0.05, 0.1) is 4.88 Å². The Balaban J connectivity index is 1.07. The highest BCUT2D eigenvalue weighted by molar-refractivity contribution is 7.51. The first kappa shape index (κ1) is 29.5. The Kier molecular flexibility index (Phi) is 7.39. The summed E-state index contributed by atoms with van der Waals surface area (Å²) in [6.45, 7) is 3.10. The quantitative estimate of drug-likeness (QED) is 0.342. The van der Waals surface area contributed by atoms with Gasteiger partial charge in [-0.1, -0.05) is 12.1 Å². The number of thiophene rings is 1. The number of hydrogen-bond donors (Lipinski definition) is 3. The fourth-order valence-corrected chi connectivity index (χ4v) is 8.72. The third kappa shape index (κ3) is 5.46. The maximum absolute atomic E-state index is 14.3. The van der Waals surface area contributed by atoms with Gasteiger partial charge < -0.3 is 24.9 Å². The van der Waals surface area contributed by atoms with Crippen molar-refractivity contribution in [1.82, 2.24) is 20.1 Å². The summed E-state index contributed by atoms with van der Waals surface area (Å²) in [5.41, 5.74) is 1.76. The summed E-state index contributed by atoms with van der Waals surface area (Å²) in [5, 5.41) is 3.43. The zero-order valence-corrected chi connectivity index (χ0v) is 25.8. The molecular formula is C31H34FN4O6PS. The summed E-state index contributed by atoms with van der Waals surface area (Å²) < 4.78 is 26.3. The van der Waals surface area contributed by atoms with Gasteiger partial charge in [-0.25, -0.2) is 4.39 Å². The predicted octanol–water partition coefficient (Wildman–Crippen LogP) is 4.26. The van der Waals surface area contributed by atoms with E-state index in [4.69, 9.17) is 0 Å². The maximum Gasteiger partial charge on any atom is 0.363 e. The van der Waals surface area contributed by atoms with E-state index < -0.39 is 31.5 Å². The molecule has 6 atom stereocenters. The van der Waals surface area contributed by atoms with E-state index in [2.05, 4.69) is 10.3 Å². The number of amides is 3. The molecule has 3 saturated heterocycles. The molecule has 5 heterocycles. The van der Waals surface area contributed by atoms with Crippen molar-refractivity contribution in [3.05, 3.63) is 64.3 Å². The van der Waals surface area contributed by atoms with Crippen molar-refractivity contribution in [2.75, 3.05) is 13.1 Å². The zero-order chi connectivity index (χ0) is 30.9. The van der Waals surface area contributed by atoms with Crippen molar-refractivity contribution in [3.8, 4) is 0 Å². The smallest absolute Gasteiger partial charge is 0.340 e. The number of alkyl halides is 1. The molecule has 3 N–H and O–H groups in total. The average molecular weight is 641 g/mol. The van der Waals surface area contributed by atoms with Crippen LogP contribution in [0.1, 0.15) is 70.6 Å². The van der Waals surface area contributed by atoms with Crippen LogP contribution in [0.3, 0.4) is 0 Å². The van der Waals surface area contributed by atoms with Crippen molar-refractivity contribution in [3.63, 3.8) is 0 Å². The first-order chi connectivity index (χ1) is 21.0. The second-order valence-corrected chi connectivity index (χ2v) is 15.4. The lowest BCUT2D eigenvalue weighted by Gasteiger charge is -2.43. The number of aromatic nitrogens is 1. The molecule has 1 saturated carbocycles. The molecule has 10 nitrogen and oxygen atoms in total. The number of pyridine rings is 1. The molecule has 0 bridgehead atoms. The number of likely N-dealkylation sites (tertiary alicyclic amines) is 1. The van der Waals surface area contributed by atoms with E-state index in [-0.39, 0.29) is 29.3 Å². The van der Waals surface area contributed by atoms with Gasteiger partial charge in [0.15, 0.2) is 0 Å². The monoisotopic (exact) mass is 640 g/mol. The van der Waals surface area contributed by atoms with Gasteiger partial charge in [-0.2, -0.15) is 0 Å². The maximum atomic E-state index is 14.3. The van der Waals surface area contributed by atoms with Crippen molar-refractivity contribution in [2.45, 2.75) is 69.0 Å². The van der Waals surface area contributed by atoms with Gasteiger partial charge in [0, 0.05) is 41.1 Å². The van der Waals surface area contributed by atoms with Gasteiger partial charge in [-0.05, 0) is 92.1 Å². The summed E-state index contributed by atoms with van der Waals surface area (Å²) in [6, 6.07) is 10.3. The van der Waals surface area contributed by atoms with E-state index in [1.165, 1.54) is 18.2 Å². The van der Waals surface area contributed by atoms with Crippen LogP contribution in [0.5, 0.6) is 0 Å². The minimum Gasteiger partial charge on any atom is -0.340 e. The van der Waals surface area contributed by atoms with Crippen LogP contribution < -0.4 is 5.32 Å². The number of carbonyl (C=O) groups is 3. The lowest BCUT2D eigenvalue weighted by atomic mass is 9.94. The highest BCUT2D eigenvalue weighted by Gasteiger charge is 2.52. The zero-order valence-electron chi connectivity index (χ0n) is 24.1. The minimum absolute atomic E-state index is 0.0212. The molecule has 4 fully saturated rings. The Morgan fingerprint density at radius 1 is 1.09 bits per heavy atom. The summed E-state index contributed by atoms with van der Waals surface area (Å²) >= 11 is 1.16. The molecule has 4 aliphatic rings. The minimum atomic E-state index is -4.97. The number of nitrogens with one attached hydrogen (secondary N) is 1. The fraction of sp³-hybridized carbons (Fsp3) is 0.484. The van der Waals surface area contributed by atoms with Crippen LogP contribution in [0.15, 0.2) is 42.5 Å². The molecule has 3 aliphatic heterocycles. The number of rotatable bonds is 6. The second-order valence-electron chi connectivity index (χ2n) is 12.7. The second kappa shape index (κ2) is 11.0. The first-order valence-electron chi connectivity index (χ1n) is 15.0. The fourth-order valence-electron chi connectivity index (χ4n) is 7.22. The summed E-state index contributed by atoms with van der Waals surface area (Å²) in [7, 11) is -4.97. The Morgan fingerprint density at radius 2 is 1.86 bits per heavy atom. The largest absolute Gasteiger partial charge is 0.363 e. The molecule has 13 heteroatoms. The van der Waals surface area contributed by atoms with Gasteiger partial charge in [-0.15, -0.1) is 11.3 Å². The lowest BCUT2D eigenvalue weighted by Crippen LogP contribution is -2.59. The number of carbonyl (C=O) groups excluding carboxylic acids is 3. The molecular weight excluding hydrogens is 606 g/mol. The van der Waals surface area contributed by atoms with Gasteiger partial charge in [0.2, 0.25) is 17.7 Å². The van der Waals surface area contributed by atoms with E-state index in [9.17, 15) is 33.1 Å². The Hall–Kier alpha value is -3.18. The van der Waals surface area contributed by atoms with E-state index in [0.29, 0.717) is 52.7 Å².